The second-order valence-electron chi connectivity index (χ2n) is 6.91. The molecule has 1 saturated heterocycles. The number of rotatable bonds is 7. The number of hydrazine groups is 1. The average Bonchev–Trinajstić information content (AvgIpc) is 3.39. The minimum Gasteiger partial charge on any atom is -0.335 e. The molecule has 4 N–H and O–H groups in total. The van der Waals surface area contributed by atoms with Gasteiger partial charge in [0.25, 0.3) is 5.69 Å². The average molecular weight is 443 g/mol. The number of nitrogens with zero attached hydrogens (tertiary/aromatic N) is 4. The van der Waals surface area contributed by atoms with Gasteiger partial charge in [0.2, 0.25) is 5.16 Å². The van der Waals surface area contributed by atoms with E-state index in [0.29, 0.717) is 23.0 Å². The molecule has 1 aliphatic rings. The quantitative estimate of drug-likeness (QED) is 0.165. The van der Waals surface area contributed by atoms with Crippen LogP contribution in [-0.4, -0.2) is 31.3 Å². The molecule has 160 valence electrons. The van der Waals surface area contributed by atoms with Crippen molar-refractivity contribution in [1.29, 1.82) is 0 Å². The van der Waals surface area contributed by atoms with Gasteiger partial charge in [-0.15, -0.1) is 10.2 Å². The Morgan fingerprint density at radius 3 is 2.52 bits per heavy atom. The molecule has 31 heavy (non-hydrogen) atoms. The van der Waals surface area contributed by atoms with Crippen molar-refractivity contribution in [2.75, 3.05) is 11.6 Å². The van der Waals surface area contributed by atoms with Crippen molar-refractivity contribution in [3.8, 4) is 0 Å². The molecule has 0 saturated carbocycles. The molecule has 0 spiro atoms. The molecule has 2 atom stereocenters. The fourth-order valence-corrected chi connectivity index (χ4v) is 4.00. The maximum atomic E-state index is 13.1. The maximum Gasteiger partial charge on any atom is 0.269 e. The lowest BCUT2D eigenvalue weighted by Crippen LogP contribution is -2.29. The highest BCUT2D eigenvalue weighted by molar-refractivity contribution is 7.99. The Morgan fingerprint density at radius 2 is 1.84 bits per heavy atom. The number of hydrogen-bond acceptors (Lipinski definition) is 9. The van der Waals surface area contributed by atoms with Crippen LogP contribution in [0, 0.1) is 15.9 Å². The van der Waals surface area contributed by atoms with Crippen LogP contribution in [0.4, 0.5) is 10.1 Å². The standard InChI is InChI=1S/C19H18FN7O3S/c20-13-5-1-11(2-6-13)15-9-16(23-22-15)18-24-25-19(26(18)21)31-10-17(28)12-3-7-14(8-4-12)27(29)30/h1-8,15-16,22-23H,9-10,21H2. The number of carbonyl (C=O) groups excluding carboxylic acids is 1. The summed E-state index contributed by atoms with van der Waals surface area (Å²) in [7, 11) is 0. The lowest BCUT2D eigenvalue weighted by Gasteiger charge is -2.09. The predicted molar refractivity (Wildman–Crippen MR) is 111 cm³/mol. The zero-order valence-electron chi connectivity index (χ0n) is 16.1. The fraction of sp³-hybridized carbons (Fsp3) is 0.211. The zero-order chi connectivity index (χ0) is 22.0. The number of nitro benzene ring substituents is 1. The fourth-order valence-electron chi connectivity index (χ4n) is 3.25. The second kappa shape index (κ2) is 8.79. The number of hydrogen-bond donors (Lipinski definition) is 3. The van der Waals surface area contributed by atoms with Crippen LogP contribution in [0.5, 0.6) is 0 Å². The molecule has 2 heterocycles. The van der Waals surface area contributed by atoms with Crippen LogP contribution < -0.4 is 16.7 Å². The summed E-state index contributed by atoms with van der Waals surface area (Å²) >= 11 is 1.13. The monoisotopic (exact) mass is 443 g/mol. The van der Waals surface area contributed by atoms with E-state index in [0.717, 1.165) is 17.3 Å². The van der Waals surface area contributed by atoms with Gasteiger partial charge in [-0.2, -0.15) is 0 Å². The molecule has 2 aromatic carbocycles. The van der Waals surface area contributed by atoms with Crippen molar-refractivity contribution in [1.82, 2.24) is 25.7 Å². The molecule has 1 aliphatic heterocycles. The summed E-state index contributed by atoms with van der Waals surface area (Å²) in [5.41, 5.74) is 7.48. The second-order valence-corrected chi connectivity index (χ2v) is 7.85. The summed E-state index contributed by atoms with van der Waals surface area (Å²) in [4.78, 5) is 22.6. The highest BCUT2D eigenvalue weighted by Gasteiger charge is 2.30. The van der Waals surface area contributed by atoms with E-state index < -0.39 is 4.92 Å². The number of nitrogens with two attached hydrogens (primary N) is 1. The highest BCUT2D eigenvalue weighted by atomic mass is 32.2. The Kier molecular flexibility index (Phi) is 5.93. The number of thioether (sulfide) groups is 1. The van der Waals surface area contributed by atoms with Gasteiger partial charge in [0.15, 0.2) is 11.6 Å². The summed E-state index contributed by atoms with van der Waals surface area (Å²) in [5, 5.41) is 19.3. The molecule has 3 aromatic rings. The molecule has 0 bridgehead atoms. The number of benzene rings is 2. The summed E-state index contributed by atoms with van der Waals surface area (Å²) in [5.74, 6) is 6.19. The molecule has 12 heteroatoms. The van der Waals surface area contributed by atoms with Crippen LogP contribution in [0.1, 0.15) is 40.3 Å². The zero-order valence-corrected chi connectivity index (χ0v) is 16.9. The number of Topliss-reactive ketones (excluding diaryl/α,β-unsaturated/α-hetero) is 1. The molecule has 10 nitrogen and oxygen atoms in total. The highest BCUT2D eigenvalue weighted by Crippen LogP contribution is 2.30. The predicted octanol–water partition coefficient (Wildman–Crippen LogP) is 2.29. The van der Waals surface area contributed by atoms with E-state index in [1.807, 2.05) is 0 Å². The first-order valence-electron chi connectivity index (χ1n) is 9.29. The number of aromatic nitrogens is 3. The maximum absolute atomic E-state index is 13.1. The van der Waals surface area contributed by atoms with E-state index in [2.05, 4.69) is 21.0 Å². The Bertz CT molecular complexity index is 1100. The molecule has 0 radical (unpaired) electrons. The SMILES string of the molecule is Nn1c(SCC(=O)c2ccc([N+](=O)[O-])cc2)nnc1C1CC(c2ccc(F)cc2)NN1. The third-order valence-corrected chi connectivity index (χ3v) is 5.85. The van der Waals surface area contributed by atoms with Gasteiger partial charge in [0, 0.05) is 23.7 Å². The summed E-state index contributed by atoms with van der Waals surface area (Å²) in [6.07, 6.45) is 0.632. The van der Waals surface area contributed by atoms with Crippen molar-refractivity contribution in [3.05, 3.63) is 81.4 Å². The molecule has 1 aromatic heterocycles. The first-order valence-corrected chi connectivity index (χ1v) is 10.3. The Balaban J connectivity index is 1.37. The van der Waals surface area contributed by atoms with E-state index in [1.54, 1.807) is 12.1 Å². The number of nitro groups is 1. The number of carbonyl (C=O) groups is 1. The van der Waals surface area contributed by atoms with Gasteiger partial charge in [-0.1, -0.05) is 23.9 Å². The number of non-ortho nitro benzene ring substituents is 1. The first-order chi connectivity index (χ1) is 14.9. The molecular formula is C19H18FN7O3S. The van der Waals surface area contributed by atoms with Gasteiger partial charge in [-0.05, 0) is 36.2 Å². The van der Waals surface area contributed by atoms with Crippen molar-refractivity contribution in [2.45, 2.75) is 23.7 Å². The van der Waals surface area contributed by atoms with E-state index in [9.17, 15) is 19.3 Å². The van der Waals surface area contributed by atoms with Crippen molar-refractivity contribution >= 4 is 23.2 Å². The van der Waals surface area contributed by atoms with Crippen molar-refractivity contribution in [3.63, 3.8) is 0 Å². The molecule has 0 aliphatic carbocycles. The van der Waals surface area contributed by atoms with Crippen LogP contribution in [0.2, 0.25) is 0 Å². The third-order valence-electron chi connectivity index (χ3n) is 4.91. The Hall–Kier alpha value is -3.35. The van der Waals surface area contributed by atoms with Gasteiger partial charge in [-0.25, -0.2) is 19.9 Å². The minimum atomic E-state index is -0.520. The summed E-state index contributed by atoms with van der Waals surface area (Å²) in [6, 6.07) is 11.4. The van der Waals surface area contributed by atoms with Gasteiger partial charge in [0.05, 0.1) is 16.7 Å². The van der Waals surface area contributed by atoms with Crippen molar-refractivity contribution < 1.29 is 14.1 Å². The van der Waals surface area contributed by atoms with Crippen LogP contribution in [0.25, 0.3) is 0 Å². The Labute approximate surface area is 180 Å². The molecule has 0 amide bonds. The summed E-state index contributed by atoms with van der Waals surface area (Å²) < 4.78 is 14.5. The lowest BCUT2D eigenvalue weighted by atomic mass is 10.0. The number of ketones is 1. The van der Waals surface area contributed by atoms with Crippen LogP contribution in [-0.2, 0) is 0 Å². The topological polar surface area (TPSA) is 141 Å². The molecule has 1 fully saturated rings. The van der Waals surface area contributed by atoms with E-state index in [-0.39, 0.29) is 35.1 Å². The number of halogens is 1. The van der Waals surface area contributed by atoms with E-state index in [4.69, 9.17) is 5.84 Å². The molecule has 2 unspecified atom stereocenters. The molecule has 4 rings (SSSR count). The minimum absolute atomic E-state index is 0.0397. The summed E-state index contributed by atoms with van der Waals surface area (Å²) in [6.45, 7) is 0. The lowest BCUT2D eigenvalue weighted by molar-refractivity contribution is -0.384. The molecular weight excluding hydrogens is 425 g/mol. The smallest absolute Gasteiger partial charge is 0.269 e. The normalized spacial score (nSPS) is 18.2. The Morgan fingerprint density at radius 1 is 1.16 bits per heavy atom. The first kappa shape index (κ1) is 20.9. The van der Waals surface area contributed by atoms with Crippen molar-refractivity contribution in [2.24, 2.45) is 0 Å². The van der Waals surface area contributed by atoms with E-state index in [1.165, 1.54) is 41.1 Å². The van der Waals surface area contributed by atoms with Gasteiger partial charge >= 0.3 is 0 Å². The number of nitrogens with one attached hydrogen (secondary N) is 2. The van der Waals surface area contributed by atoms with Gasteiger partial charge in [-0.3, -0.25) is 14.9 Å². The van der Waals surface area contributed by atoms with Crippen LogP contribution in [0.3, 0.4) is 0 Å². The van der Waals surface area contributed by atoms with Crippen LogP contribution in [0.15, 0.2) is 53.7 Å². The number of nitrogen functional groups attached to an aromatic ring is 1. The third kappa shape index (κ3) is 4.55. The van der Waals surface area contributed by atoms with Crippen LogP contribution >= 0.6 is 11.8 Å². The van der Waals surface area contributed by atoms with Gasteiger partial charge in [0.1, 0.15) is 5.82 Å². The van der Waals surface area contributed by atoms with Gasteiger partial charge < -0.3 is 5.84 Å². The van der Waals surface area contributed by atoms with E-state index >= 15 is 0 Å². The largest absolute Gasteiger partial charge is 0.335 e.